The third-order valence-corrected chi connectivity index (χ3v) is 4.96. The Morgan fingerprint density at radius 2 is 1.90 bits per heavy atom. The fourth-order valence-corrected chi connectivity index (χ4v) is 2.38. The first-order valence-corrected chi connectivity index (χ1v) is 7.58. The predicted octanol–water partition coefficient (Wildman–Crippen LogP) is 4.64. The van der Waals surface area contributed by atoms with Crippen LogP contribution in [0.4, 0.5) is 0 Å². The number of aliphatic carboxylic acids is 1. The van der Waals surface area contributed by atoms with E-state index in [9.17, 15) is 4.79 Å². The summed E-state index contributed by atoms with van der Waals surface area (Å²) in [6.45, 7) is 10.2. The van der Waals surface area contributed by atoms with Gasteiger partial charge in [-0.05, 0) is 70.2 Å². The van der Waals surface area contributed by atoms with E-state index in [2.05, 4.69) is 22.9 Å². The lowest BCUT2D eigenvalue weighted by Crippen LogP contribution is -2.24. The van der Waals surface area contributed by atoms with Crippen LogP contribution in [0.5, 0.6) is 5.75 Å². The van der Waals surface area contributed by atoms with Crippen LogP contribution in [0.25, 0.3) is 0 Å². The molecule has 1 aromatic carbocycles. The summed E-state index contributed by atoms with van der Waals surface area (Å²) in [4.78, 5) is 11.0. The van der Waals surface area contributed by atoms with Gasteiger partial charge in [0.05, 0.1) is 12.0 Å². The Morgan fingerprint density at radius 1 is 1.30 bits per heavy atom. The highest BCUT2D eigenvalue weighted by molar-refractivity contribution is 9.10. The number of carboxylic acid groups (broad SMARTS) is 1. The summed E-state index contributed by atoms with van der Waals surface area (Å²) < 4.78 is 6.93. The van der Waals surface area contributed by atoms with Crippen LogP contribution in [-0.2, 0) is 4.79 Å². The van der Waals surface area contributed by atoms with Gasteiger partial charge < -0.3 is 9.84 Å². The third-order valence-electron chi connectivity index (χ3n) is 3.74. The van der Waals surface area contributed by atoms with Crippen LogP contribution in [-0.4, -0.2) is 17.7 Å². The summed E-state index contributed by atoms with van der Waals surface area (Å²) in [5, 5.41) is 9.06. The zero-order chi connectivity index (χ0) is 15.5. The largest absolute Gasteiger partial charge is 0.493 e. The van der Waals surface area contributed by atoms with Crippen molar-refractivity contribution in [3.63, 3.8) is 0 Å². The van der Waals surface area contributed by atoms with E-state index >= 15 is 0 Å². The first-order chi connectivity index (χ1) is 9.16. The van der Waals surface area contributed by atoms with E-state index in [0.717, 1.165) is 27.8 Å². The number of rotatable bonds is 6. The zero-order valence-corrected chi connectivity index (χ0v) is 14.4. The predicted molar refractivity (Wildman–Crippen MR) is 84.5 cm³/mol. The third kappa shape index (κ3) is 3.98. The molecule has 0 bridgehead atoms. The molecular formula is C16H23BrO3. The summed E-state index contributed by atoms with van der Waals surface area (Å²) in [5.74, 6) is 0.125. The van der Waals surface area contributed by atoms with Crippen molar-refractivity contribution in [1.29, 1.82) is 0 Å². The minimum Gasteiger partial charge on any atom is -0.493 e. The van der Waals surface area contributed by atoms with Gasteiger partial charge in [0.1, 0.15) is 5.75 Å². The molecule has 112 valence electrons. The first kappa shape index (κ1) is 17.0. The highest BCUT2D eigenvalue weighted by atomic mass is 79.9. The minimum atomic E-state index is -0.760. The van der Waals surface area contributed by atoms with E-state index < -0.39 is 11.4 Å². The number of aryl methyl sites for hydroxylation is 1. The molecule has 0 saturated heterocycles. The maximum Gasteiger partial charge on any atom is 0.309 e. The van der Waals surface area contributed by atoms with E-state index in [-0.39, 0.29) is 0 Å². The molecule has 1 aromatic rings. The molecule has 3 nitrogen and oxygen atoms in total. The molecule has 0 amide bonds. The molecule has 0 saturated carbocycles. The monoisotopic (exact) mass is 342 g/mol. The first-order valence-electron chi connectivity index (χ1n) is 6.79. The minimum absolute atomic E-state index is 0.540. The lowest BCUT2D eigenvalue weighted by atomic mass is 9.88. The molecule has 0 spiro atoms. The Balaban J connectivity index is 2.62. The molecule has 0 fully saturated rings. The molecule has 0 aliphatic heterocycles. The SMILES string of the molecule is Cc1cc(OCCCC(C)(C)C(=O)O)c(C)c(C)c1Br. The van der Waals surface area contributed by atoms with Crippen molar-refractivity contribution in [2.75, 3.05) is 6.61 Å². The molecule has 0 heterocycles. The fraction of sp³-hybridized carbons (Fsp3) is 0.562. The van der Waals surface area contributed by atoms with Crippen molar-refractivity contribution in [3.05, 3.63) is 27.2 Å². The van der Waals surface area contributed by atoms with E-state index in [4.69, 9.17) is 9.84 Å². The summed E-state index contributed by atoms with van der Waals surface area (Å²) in [6.07, 6.45) is 1.34. The Bertz CT molecular complexity index is 507. The van der Waals surface area contributed by atoms with Crippen molar-refractivity contribution in [1.82, 2.24) is 0 Å². The summed E-state index contributed by atoms with van der Waals surface area (Å²) in [7, 11) is 0. The van der Waals surface area contributed by atoms with Gasteiger partial charge in [-0.2, -0.15) is 0 Å². The topological polar surface area (TPSA) is 46.5 Å². The Morgan fingerprint density at radius 3 is 2.45 bits per heavy atom. The van der Waals surface area contributed by atoms with Gasteiger partial charge in [0, 0.05) is 4.47 Å². The van der Waals surface area contributed by atoms with Crippen molar-refractivity contribution >= 4 is 21.9 Å². The van der Waals surface area contributed by atoms with Crippen LogP contribution in [0.2, 0.25) is 0 Å². The van der Waals surface area contributed by atoms with Crippen molar-refractivity contribution in [2.24, 2.45) is 5.41 Å². The van der Waals surface area contributed by atoms with Crippen LogP contribution < -0.4 is 4.74 Å². The van der Waals surface area contributed by atoms with E-state index in [1.165, 1.54) is 5.56 Å². The average molecular weight is 343 g/mol. The number of benzene rings is 1. The molecule has 0 aliphatic carbocycles. The van der Waals surface area contributed by atoms with E-state index in [0.29, 0.717) is 13.0 Å². The number of hydrogen-bond acceptors (Lipinski definition) is 2. The molecule has 1 N–H and O–H groups in total. The highest BCUT2D eigenvalue weighted by Gasteiger charge is 2.26. The quantitative estimate of drug-likeness (QED) is 0.765. The lowest BCUT2D eigenvalue weighted by molar-refractivity contribution is -0.147. The van der Waals surface area contributed by atoms with Crippen LogP contribution in [0.1, 0.15) is 43.4 Å². The van der Waals surface area contributed by atoms with Crippen molar-refractivity contribution in [3.8, 4) is 5.75 Å². The van der Waals surface area contributed by atoms with Crippen LogP contribution >= 0.6 is 15.9 Å². The summed E-state index contributed by atoms with van der Waals surface area (Å²) in [5.41, 5.74) is 2.77. The van der Waals surface area contributed by atoms with Gasteiger partial charge in [-0.1, -0.05) is 15.9 Å². The smallest absolute Gasteiger partial charge is 0.309 e. The molecular weight excluding hydrogens is 320 g/mol. The lowest BCUT2D eigenvalue weighted by Gasteiger charge is -2.19. The second-order valence-corrected chi connectivity index (χ2v) is 6.69. The van der Waals surface area contributed by atoms with Crippen LogP contribution in [0, 0.1) is 26.2 Å². The highest BCUT2D eigenvalue weighted by Crippen LogP contribution is 2.31. The van der Waals surface area contributed by atoms with Gasteiger partial charge >= 0.3 is 5.97 Å². The van der Waals surface area contributed by atoms with Crippen LogP contribution in [0.3, 0.4) is 0 Å². The van der Waals surface area contributed by atoms with Gasteiger partial charge in [0.2, 0.25) is 0 Å². The molecule has 1 rings (SSSR count). The Labute approximate surface area is 129 Å². The van der Waals surface area contributed by atoms with Gasteiger partial charge in [0.25, 0.3) is 0 Å². The average Bonchev–Trinajstić information content (AvgIpc) is 2.37. The second kappa shape index (κ2) is 6.61. The summed E-state index contributed by atoms with van der Waals surface area (Å²) in [6, 6.07) is 2.02. The van der Waals surface area contributed by atoms with Crippen molar-refractivity contribution < 1.29 is 14.6 Å². The van der Waals surface area contributed by atoms with Gasteiger partial charge in [-0.25, -0.2) is 0 Å². The number of ether oxygens (including phenoxy) is 1. The molecule has 0 unspecified atom stereocenters. The number of carboxylic acids is 1. The van der Waals surface area contributed by atoms with Crippen molar-refractivity contribution in [2.45, 2.75) is 47.5 Å². The summed E-state index contributed by atoms with van der Waals surface area (Å²) >= 11 is 3.57. The number of carbonyl (C=O) groups is 1. The second-order valence-electron chi connectivity index (χ2n) is 5.90. The van der Waals surface area contributed by atoms with Gasteiger partial charge in [-0.3, -0.25) is 4.79 Å². The van der Waals surface area contributed by atoms with Crippen LogP contribution in [0.15, 0.2) is 10.5 Å². The zero-order valence-electron chi connectivity index (χ0n) is 12.8. The van der Waals surface area contributed by atoms with E-state index in [1.54, 1.807) is 13.8 Å². The standard InChI is InChI=1S/C16H23BrO3/c1-10-9-13(11(2)12(3)14(10)17)20-8-6-7-16(4,5)15(18)19/h9H,6-8H2,1-5H3,(H,18,19). The molecule has 0 aromatic heterocycles. The maximum absolute atomic E-state index is 11.0. The Hall–Kier alpha value is -1.03. The van der Waals surface area contributed by atoms with E-state index in [1.807, 2.05) is 19.9 Å². The number of halogens is 1. The molecule has 20 heavy (non-hydrogen) atoms. The molecule has 0 aliphatic rings. The Kier molecular flexibility index (Phi) is 5.63. The van der Waals surface area contributed by atoms with Gasteiger partial charge in [-0.15, -0.1) is 0 Å². The number of hydrogen-bond donors (Lipinski definition) is 1. The molecule has 4 heteroatoms. The molecule has 0 radical (unpaired) electrons. The normalized spacial score (nSPS) is 11.5. The van der Waals surface area contributed by atoms with Gasteiger partial charge in [0.15, 0.2) is 0 Å². The fourth-order valence-electron chi connectivity index (χ4n) is 1.97. The molecule has 0 atom stereocenters. The maximum atomic E-state index is 11.0.